The van der Waals surface area contributed by atoms with Gasteiger partial charge in [-0.15, -0.1) is 0 Å². The summed E-state index contributed by atoms with van der Waals surface area (Å²) in [5.41, 5.74) is 0.265. The molecule has 1 aliphatic rings. The first-order valence-electron chi connectivity index (χ1n) is 6.38. The molecule has 0 spiro atoms. The van der Waals surface area contributed by atoms with E-state index in [1.165, 1.54) is 25.7 Å². The summed E-state index contributed by atoms with van der Waals surface area (Å²) >= 11 is 0. The van der Waals surface area contributed by atoms with Crippen molar-refractivity contribution in [2.75, 3.05) is 20.6 Å². The van der Waals surface area contributed by atoms with Crippen molar-refractivity contribution < 1.29 is 0 Å². The highest BCUT2D eigenvalue weighted by molar-refractivity contribution is 4.89. The lowest BCUT2D eigenvalue weighted by Gasteiger charge is -2.34. The Balaban J connectivity index is 2.32. The number of hydrogen-bond acceptors (Lipinski definition) is 2. The van der Waals surface area contributed by atoms with Gasteiger partial charge in [-0.2, -0.15) is 0 Å². The molecule has 2 nitrogen and oxygen atoms in total. The zero-order valence-electron chi connectivity index (χ0n) is 11.1. The Morgan fingerprint density at radius 1 is 1.33 bits per heavy atom. The summed E-state index contributed by atoms with van der Waals surface area (Å²) in [6.45, 7) is 7.99. The predicted molar refractivity (Wildman–Crippen MR) is 67.2 cm³/mol. The summed E-state index contributed by atoms with van der Waals surface area (Å²) in [4.78, 5) is 2.30. The quantitative estimate of drug-likeness (QED) is 0.697. The Morgan fingerprint density at radius 3 is 2.33 bits per heavy atom. The Labute approximate surface area is 95.4 Å². The molecule has 0 aromatic carbocycles. The number of nitrogens with zero attached hydrogens (tertiary/aromatic N) is 1. The van der Waals surface area contributed by atoms with E-state index in [1.54, 1.807) is 0 Å². The van der Waals surface area contributed by atoms with Gasteiger partial charge in [-0.1, -0.05) is 13.3 Å². The zero-order valence-corrected chi connectivity index (χ0v) is 11.1. The van der Waals surface area contributed by atoms with Gasteiger partial charge in [0.1, 0.15) is 0 Å². The first kappa shape index (κ1) is 13.0. The average molecular weight is 212 g/mol. The van der Waals surface area contributed by atoms with Crippen LogP contribution in [0.25, 0.3) is 0 Å². The zero-order chi connectivity index (χ0) is 11.5. The minimum Gasteiger partial charge on any atom is -0.312 e. The Bertz CT molecular complexity index is 183. The maximum Gasteiger partial charge on any atom is 0.0271 e. The number of nitrogens with one attached hydrogen (secondary N) is 1. The summed E-state index contributed by atoms with van der Waals surface area (Å²) in [5.74, 6) is 0.975. The van der Waals surface area contributed by atoms with Crippen LogP contribution in [0.1, 0.15) is 46.5 Å². The molecule has 15 heavy (non-hydrogen) atoms. The molecule has 1 atom stereocenters. The molecule has 1 fully saturated rings. The Hall–Kier alpha value is -0.0800. The third kappa shape index (κ3) is 4.12. The molecule has 0 heterocycles. The Kier molecular flexibility index (Phi) is 4.60. The van der Waals surface area contributed by atoms with Crippen LogP contribution in [0.2, 0.25) is 0 Å². The Morgan fingerprint density at radius 2 is 1.93 bits per heavy atom. The molecule has 0 bridgehead atoms. The van der Waals surface area contributed by atoms with Crippen LogP contribution in [-0.2, 0) is 0 Å². The lowest BCUT2D eigenvalue weighted by molar-refractivity contribution is 0.180. The van der Waals surface area contributed by atoms with Crippen molar-refractivity contribution in [2.24, 2.45) is 5.92 Å². The van der Waals surface area contributed by atoms with Crippen LogP contribution in [0, 0.1) is 5.92 Å². The number of hydrogen-bond donors (Lipinski definition) is 1. The second-order valence-electron chi connectivity index (χ2n) is 5.82. The van der Waals surface area contributed by atoms with E-state index < -0.39 is 0 Å². The van der Waals surface area contributed by atoms with Crippen LogP contribution >= 0.6 is 0 Å². The van der Waals surface area contributed by atoms with Gasteiger partial charge >= 0.3 is 0 Å². The van der Waals surface area contributed by atoms with Crippen molar-refractivity contribution in [2.45, 2.75) is 58.0 Å². The van der Waals surface area contributed by atoms with Gasteiger partial charge in [0.15, 0.2) is 0 Å². The fraction of sp³-hybridized carbons (Fsp3) is 1.00. The highest BCUT2D eigenvalue weighted by Gasteiger charge is 2.31. The molecule has 2 heteroatoms. The summed E-state index contributed by atoms with van der Waals surface area (Å²) < 4.78 is 0. The highest BCUT2D eigenvalue weighted by atomic mass is 15.2. The first-order chi connectivity index (χ1) is 6.97. The summed E-state index contributed by atoms with van der Waals surface area (Å²) in [6, 6.07) is 0.772. The van der Waals surface area contributed by atoms with Gasteiger partial charge in [-0.25, -0.2) is 0 Å². The maximum absolute atomic E-state index is 3.76. The van der Waals surface area contributed by atoms with Gasteiger partial charge in [-0.3, -0.25) is 0 Å². The minimum absolute atomic E-state index is 0.265. The maximum atomic E-state index is 3.76. The topological polar surface area (TPSA) is 15.3 Å². The molecule has 0 radical (unpaired) electrons. The first-order valence-corrected chi connectivity index (χ1v) is 6.38. The number of rotatable bonds is 7. The van der Waals surface area contributed by atoms with E-state index in [0.29, 0.717) is 0 Å². The van der Waals surface area contributed by atoms with E-state index in [4.69, 9.17) is 0 Å². The third-order valence-corrected chi connectivity index (χ3v) is 3.80. The molecule has 0 aromatic rings. The fourth-order valence-electron chi connectivity index (χ4n) is 1.85. The van der Waals surface area contributed by atoms with Crippen molar-refractivity contribution in [1.29, 1.82) is 0 Å². The molecule has 0 aromatic heterocycles. The largest absolute Gasteiger partial charge is 0.312 e. The van der Waals surface area contributed by atoms with Crippen LogP contribution in [0.4, 0.5) is 0 Å². The SMILES string of the molecule is CCCC(NCC(C)(C)N(C)C)C1CC1. The van der Waals surface area contributed by atoms with Crippen molar-refractivity contribution in [3.63, 3.8) is 0 Å². The van der Waals surface area contributed by atoms with Gasteiger partial charge in [-0.05, 0) is 53.1 Å². The molecule has 90 valence electrons. The van der Waals surface area contributed by atoms with Crippen molar-refractivity contribution in [3.05, 3.63) is 0 Å². The van der Waals surface area contributed by atoms with E-state index in [9.17, 15) is 0 Å². The molecule has 1 unspecified atom stereocenters. The van der Waals surface area contributed by atoms with Gasteiger partial charge in [0.25, 0.3) is 0 Å². The lowest BCUT2D eigenvalue weighted by atomic mass is 10.0. The monoisotopic (exact) mass is 212 g/mol. The number of likely N-dealkylation sites (N-methyl/N-ethyl adjacent to an activating group) is 1. The van der Waals surface area contributed by atoms with Crippen molar-refractivity contribution in [1.82, 2.24) is 10.2 Å². The van der Waals surface area contributed by atoms with Crippen LogP contribution in [0.5, 0.6) is 0 Å². The molecular formula is C13H28N2. The molecule has 1 saturated carbocycles. The van der Waals surface area contributed by atoms with E-state index in [2.05, 4.69) is 45.1 Å². The second-order valence-corrected chi connectivity index (χ2v) is 5.82. The van der Waals surface area contributed by atoms with Crippen LogP contribution < -0.4 is 5.32 Å². The normalized spacial score (nSPS) is 19.6. The van der Waals surface area contributed by atoms with E-state index in [0.717, 1.165) is 18.5 Å². The second kappa shape index (κ2) is 5.31. The summed E-state index contributed by atoms with van der Waals surface area (Å²) in [5, 5.41) is 3.76. The standard InChI is InChI=1S/C13H28N2/c1-6-7-12(11-8-9-11)14-10-13(2,3)15(4)5/h11-12,14H,6-10H2,1-5H3. The predicted octanol–water partition coefficient (Wildman–Crippen LogP) is 2.49. The minimum atomic E-state index is 0.265. The van der Waals surface area contributed by atoms with Gasteiger partial charge < -0.3 is 10.2 Å². The summed E-state index contributed by atoms with van der Waals surface area (Å²) in [6.07, 6.45) is 5.53. The van der Waals surface area contributed by atoms with E-state index in [1.807, 2.05) is 0 Å². The smallest absolute Gasteiger partial charge is 0.0271 e. The lowest BCUT2D eigenvalue weighted by Crippen LogP contribution is -2.49. The molecule has 0 saturated heterocycles. The highest BCUT2D eigenvalue weighted by Crippen LogP contribution is 2.34. The molecule has 1 N–H and O–H groups in total. The van der Waals surface area contributed by atoms with Crippen LogP contribution in [-0.4, -0.2) is 37.1 Å². The fourth-order valence-corrected chi connectivity index (χ4v) is 1.85. The van der Waals surface area contributed by atoms with Crippen molar-refractivity contribution in [3.8, 4) is 0 Å². The third-order valence-electron chi connectivity index (χ3n) is 3.80. The van der Waals surface area contributed by atoms with Gasteiger partial charge in [0.05, 0.1) is 0 Å². The van der Waals surface area contributed by atoms with Crippen LogP contribution in [0.15, 0.2) is 0 Å². The molecule has 0 amide bonds. The summed E-state index contributed by atoms with van der Waals surface area (Å²) in [7, 11) is 4.32. The molecule has 1 rings (SSSR count). The average Bonchev–Trinajstić information content (AvgIpc) is 2.95. The molecule has 1 aliphatic carbocycles. The van der Waals surface area contributed by atoms with Crippen molar-refractivity contribution >= 4 is 0 Å². The molecular weight excluding hydrogens is 184 g/mol. The van der Waals surface area contributed by atoms with E-state index >= 15 is 0 Å². The van der Waals surface area contributed by atoms with Gasteiger partial charge in [0, 0.05) is 18.1 Å². The van der Waals surface area contributed by atoms with Gasteiger partial charge in [0.2, 0.25) is 0 Å². The van der Waals surface area contributed by atoms with E-state index in [-0.39, 0.29) is 5.54 Å². The van der Waals surface area contributed by atoms with Crippen LogP contribution in [0.3, 0.4) is 0 Å². The molecule has 0 aliphatic heterocycles.